The van der Waals surface area contributed by atoms with Gasteiger partial charge in [-0.2, -0.15) is 0 Å². The van der Waals surface area contributed by atoms with Crippen LogP contribution in [0.15, 0.2) is 85.1 Å². The fraction of sp³-hybridized carbons (Fsp3) is 0.712. The van der Waals surface area contributed by atoms with E-state index >= 15 is 0 Å². The molecule has 1 atom stereocenters. The molecule has 65 heavy (non-hydrogen) atoms. The fourth-order valence-electron chi connectivity index (χ4n) is 7.39. The Balaban J connectivity index is 4.45. The Morgan fingerprint density at radius 3 is 0.938 bits per heavy atom. The molecule has 0 fully saturated rings. The monoisotopic (exact) mass is 905 g/mol. The molecule has 0 radical (unpaired) electrons. The average molecular weight is 905 g/mol. The van der Waals surface area contributed by atoms with Crippen LogP contribution in [0.25, 0.3) is 0 Å². The van der Waals surface area contributed by atoms with Crippen molar-refractivity contribution >= 4 is 17.9 Å². The number of esters is 3. The third-order valence-corrected chi connectivity index (χ3v) is 11.4. The number of hydrogen-bond acceptors (Lipinski definition) is 6. The maximum atomic E-state index is 12.8. The van der Waals surface area contributed by atoms with Crippen LogP contribution in [0, 0.1) is 0 Å². The van der Waals surface area contributed by atoms with Crippen molar-refractivity contribution in [1.82, 2.24) is 0 Å². The lowest BCUT2D eigenvalue weighted by Crippen LogP contribution is -2.30. The standard InChI is InChI=1S/C59H100O6/c1-4-7-10-13-16-19-22-25-28-29-32-34-37-40-43-46-49-52-58(61)64-55-56(65-59(62)53-50-47-44-41-38-35-31-27-24-21-18-15-12-9-6-3)54-63-57(60)51-48-45-42-39-36-33-30-26-23-20-17-14-11-8-5-2/h7,9-10,12,16,18-19,21,25,27-28,31-32,34,56H,4-6,8,11,13-15,17,20,22-24,26,29-30,33,35-55H2,1-3H3/b10-7-,12-9-,19-16-,21-18-,28-25-,31-27-,34-32-. The first-order chi connectivity index (χ1) is 32.0. The highest BCUT2D eigenvalue weighted by Crippen LogP contribution is 2.15. The molecular formula is C59H100O6. The minimum Gasteiger partial charge on any atom is -0.462 e. The van der Waals surface area contributed by atoms with Crippen molar-refractivity contribution < 1.29 is 28.6 Å². The zero-order chi connectivity index (χ0) is 47.2. The largest absolute Gasteiger partial charge is 0.462 e. The zero-order valence-electron chi connectivity index (χ0n) is 42.5. The molecule has 0 bridgehead atoms. The van der Waals surface area contributed by atoms with Crippen molar-refractivity contribution in [2.24, 2.45) is 0 Å². The zero-order valence-corrected chi connectivity index (χ0v) is 42.5. The third-order valence-electron chi connectivity index (χ3n) is 11.4. The van der Waals surface area contributed by atoms with Crippen molar-refractivity contribution in [3.05, 3.63) is 85.1 Å². The summed E-state index contributed by atoms with van der Waals surface area (Å²) in [5, 5.41) is 0. The molecule has 0 N–H and O–H groups in total. The van der Waals surface area contributed by atoms with Crippen LogP contribution in [-0.4, -0.2) is 37.2 Å². The Kier molecular flexibility index (Phi) is 50.4. The Hall–Kier alpha value is -3.41. The predicted molar refractivity (Wildman–Crippen MR) is 279 cm³/mol. The van der Waals surface area contributed by atoms with E-state index in [0.717, 1.165) is 135 Å². The molecule has 0 aromatic carbocycles. The van der Waals surface area contributed by atoms with E-state index in [0.29, 0.717) is 19.3 Å². The number of rotatable bonds is 48. The SMILES string of the molecule is CC/C=C\C/C=C\C/C=C\C/C=C\CCCCCCC(=O)OCC(COC(=O)CCCCCCCCCCCCCCCCC)OC(=O)CCCCCCC/C=C\C/C=C\C/C=C\CC. The molecule has 0 saturated carbocycles. The van der Waals surface area contributed by atoms with E-state index < -0.39 is 6.10 Å². The van der Waals surface area contributed by atoms with Gasteiger partial charge in [-0.05, 0) is 89.9 Å². The van der Waals surface area contributed by atoms with Crippen LogP contribution in [0.3, 0.4) is 0 Å². The Morgan fingerprint density at radius 2 is 0.600 bits per heavy atom. The topological polar surface area (TPSA) is 78.9 Å². The van der Waals surface area contributed by atoms with Gasteiger partial charge in [-0.25, -0.2) is 0 Å². The summed E-state index contributed by atoms with van der Waals surface area (Å²) in [4.78, 5) is 38.1. The molecule has 0 heterocycles. The Morgan fingerprint density at radius 1 is 0.323 bits per heavy atom. The van der Waals surface area contributed by atoms with Gasteiger partial charge in [-0.1, -0.05) is 228 Å². The molecule has 6 heteroatoms. The van der Waals surface area contributed by atoms with Crippen LogP contribution in [0.1, 0.15) is 252 Å². The summed E-state index contributed by atoms with van der Waals surface area (Å²) in [5.74, 6) is -0.928. The van der Waals surface area contributed by atoms with Gasteiger partial charge < -0.3 is 14.2 Å². The second-order valence-electron chi connectivity index (χ2n) is 17.7. The summed E-state index contributed by atoms with van der Waals surface area (Å²) >= 11 is 0. The van der Waals surface area contributed by atoms with E-state index in [9.17, 15) is 14.4 Å². The van der Waals surface area contributed by atoms with Gasteiger partial charge in [0.1, 0.15) is 13.2 Å². The Labute approximate surface area is 401 Å². The van der Waals surface area contributed by atoms with Crippen LogP contribution in [-0.2, 0) is 28.6 Å². The highest BCUT2D eigenvalue weighted by Gasteiger charge is 2.19. The smallest absolute Gasteiger partial charge is 0.306 e. The lowest BCUT2D eigenvalue weighted by Gasteiger charge is -2.18. The normalized spacial score (nSPS) is 12.7. The lowest BCUT2D eigenvalue weighted by molar-refractivity contribution is -0.167. The van der Waals surface area contributed by atoms with Crippen molar-refractivity contribution in [2.75, 3.05) is 13.2 Å². The van der Waals surface area contributed by atoms with Crippen LogP contribution < -0.4 is 0 Å². The Bertz CT molecular complexity index is 1270. The summed E-state index contributed by atoms with van der Waals surface area (Å²) in [7, 11) is 0. The van der Waals surface area contributed by atoms with E-state index in [1.807, 2.05) is 0 Å². The van der Waals surface area contributed by atoms with Gasteiger partial charge >= 0.3 is 17.9 Å². The molecule has 0 amide bonds. The molecule has 6 nitrogen and oxygen atoms in total. The van der Waals surface area contributed by atoms with Crippen LogP contribution in [0.2, 0.25) is 0 Å². The molecule has 0 aliphatic rings. The summed E-state index contributed by atoms with van der Waals surface area (Å²) in [6.07, 6.45) is 68.5. The number of carbonyl (C=O) groups excluding carboxylic acids is 3. The van der Waals surface area contributed by atoms with E-state index in [1.165, 1.54) is 77.0 Å². The summed E-state index contributed by atoms with van der Waals surface area (Å²) in [5.41, 5.74) is 0. The predicted octanol–water partition coefficient (Wildman–Crippen LogP) is 18.0. The number of unbranched alkanes of at least 4 members (excludes halogenated alkanes) is 23. The molecule has 0 rings (SSSR count). The number of hydrogen-bond donors (Lipinski definition) is 0. The quantitative estimate of drug-likeness (QED) is 0.0262. The average Bonchev–Trinajstić information content (AvgIpc) is 3.30. The molecule has 0 aromatic heterocycles. The molecular weight excluding hydrogens is 805 g/mol. The van der Waals surface area contributed by atoms with Crippen molar-refractivity contribution in [1.29, 1.82) is 0 Å². The van der Waals surface area contributed by atoms with Gasteiger partial charge in [0.15, 0.2) is 6.10 Å². The van der Waals surface area contributed by atoms with Crippen LogP contribution in [0.4, 0.5) is 0 Å². The molecule has 0 spiro atoms. The second kappa shape index (κ2) is 53.2. The van der Waals surface area contributed by atoms with Gasteiger partial charge in [0.05, 0.1) is 0 Å². The highest BCUT2D eigenvalue weighted by molar-refractivity contribution is 5.71. The number of allylic oxidation sites excluding steroid dienone is 14. The molecule has 1 unspecified atom stereocenters. The molecule has 0 aliphatic carbocycles. The van der Waals surface area contributed by atoms with E-state index in [-0.39, 0.29) is 31.1 Å². The second-order valence-corrected chi connectivity index (χ2v) is 17.7. The van der Waals surface area contributed by atoms with Crippen molar-refractivity contribution in [3.63, 3.8) is 0 Å². The van der Waals surface area contributed by atoms with E-state index in [2.05, 4.69) is 106 Å². The third kappa shape index (κ3) is 51.4. The first-order valence-electron chi connectivity index (χ1n) is 27.1. The van der Waals surface area contributed by atoms with Gasteiger partial charge in [-0.15, -0.1) is 0 Å². The minimum atomic E-state index is -0.794. The van der Waals surface area contributed by atoms with Crippen molar-refractivity contribution in [2.45, 2.75) is 258 Å². The number of ether oxygens (including phenoxy) is 3. The first kappa shape index (κ1) is 61.6. The van der Waals surface area contributed by atoms with Gasteiger partial charge in [-0.3, -0.25) is 14.4 Å². The first-order valence-corrected chi connectivity index (χ1v) is 27.1. The van der Waals surface area contributed by atoms with E-state index in [1.54, 1.807) is 0 Å². The summed E-state index contributed by atoms with van der Waals surface area (Å²) in [6.45, 7) is 6.39. The molecule has 0 aliphatic heterocycles. The lowest BCUT2D eigenvalue weighted by atomic mass is 10.0. The summed E-state index contributed by atoms with van der Waals surface area (Å²) < 4.78 is 16.8. The van der Waals surface area contributed by atoms with Gasteiger partial charge in [0, 0.05) is 19.3 Å². The maximum absolute atomic E-state index is 12.8. The van der Waals surface area contributed by atoms with E-state index in [4.69, 9.17) is 14.2 Å². The fourth-order valence-corrected chi connectivity index (χ4v) is 7.39. The summed E-state index contributed by atoms with van der Waals surface area (Å²) in [6, 6.07) is 0. The van der Waals surface area contributed by atoms with Crippen molar-refractivity contribution in [3.8, 4) is 0 Å². The minimum absolute atomic E-state index is 0.0902. The molecule has 0 saturated heterocycles. The number of carbonyl (C=O) groups is 3. The van der Waals surface area contributed by atoms with Crippen LogP contribution in [0.5, 0.6) is 0 Å². The van der Waals surface area contributed by atoms with Gasteiger partial charge in [0.2, 0.25) is 0 Å². The molecule has 0 aromatic rings. The maximum Gasteiger partial charge on any atom is 0.306 e. The van der Waals surface area contributed by atoms with Crippen LogP contribution >= 0.6 is 0 Å². The molecule has 372 valence electrons. The van der Waals surface area contributed by atoms with Gasteiger partial charge in [0.25, 0.3) is 0 Å². The highest BCUT2D eigenvalue weighted by atomic mass is 16.6.